The number of hydrogen-bond acceptors (Lipinski definition) is 5. The van der Waals surface area contributed by atoms with Crippen molar-refractivity contribution in [3.8, 4) is 0 Å². The minimum absolute atomic E-state index is 0.139. The van der Waals surface area contributed by atoms with Gasteiger partial charge in [0.15, 0.2) is 0 Å². The van der Waals surface area contributed by atoms with Crippen molar-refractivity contribution in [3.05, 3.63) is 0 Å². The van der Waals surface area contributed by atoms with Gasteiger partial charge in [0.25, 0.3) is 0 Å². The highest BCUT2D eigenvalue weighted by Crippen LogP contribution is 2.32. The van der Waals surface area contributed by atoms with E-state index in [0.717, 1.165) is 18.8 Å². The van der Waals surface area contributed by atoms with E-state index in [-0.39, 0.29) is 6.04 Å². The summed E-state index contributed by atoms with van der Waals surface area (Å²) in [4.78, 5) is 25.0. The zero-order chi connectivity index (χ0) is 17.4. The Balaban J connectivity index is 2.54. The summed E-state index contributed by atoms with van der Waals surface area (Å²) in [6.45, 7) is 5.78. The molecule has 0 heterocycles. The molecule has 0 radical (unpaired) electrons. The molecule has 1 aliphatic carbocycles. The fourth-order valence-electron chi connectivity index (χ4n) is 2.52. The molecule has 3 N–H and O–H groups in total. The van der Waals surface area contributed by atoms with Gasteiger partial charge in [-0.25, -0.2) is 9.59 Å². The molecule has 7 nitrogen and oxygen atoms in total. The van der Waals surface area contributed by atoms with E-state index in [1.165, 1.54) is 38.3 Å². The smallest absolute Gasteiger partial charge is 0.343 e. The van der Waals surface area contributed by atoms with E-state index >= 15 is 0 Å². The van der Waals surface area contributed by atoms with Gasteiger partial charge in [-0.05, 0) is 57.4 Å². The second-order valence-corrected chi connectivity index (χ2v) is 7.13. The minimum atomic E-state index is -0.667. The summed E-state index contributed by atoms with van der Waals surface area (Å²) in [7, 11) is 1.25. The highest BCUT2D eigenvalue weighted by molar-refractivity contribution is 7.98. The molecular formula is C15H28N4O3S. The Hall–Kier alpha value is -1.44. The van der Waals surface area contributed by atoms with Crippen molar-refractivity contribution in [1.29, 1.82) is 5.41 Å². The average Bonchev–Trinajstić information content (AvgIpc) is 2.52. The van der Waals surface area contributed by atoms with Crippen LogP contribution < -0.4 is 10.0 Å². The third kappa shape index (κ3) is 6.29. The Bertz CT molecular complexity index is 423. The van der Waals surface area contributed by atoms with Crippen LogP contribution >= 0.6 is 11.9 Å². The number of carbonyl (C=O) groups is 2. The monoisotopic (exact) mass is 344 g/mol. The Morgan fingerprint density at radius 3 is 2.35 bits per heavy atom. The van der Waals surface area contributed by atoms with Crippen molar-refractivity contribution in [2.45, 2.75) is 64.2 Å². The summed E-state index contributed by atoms with van der Waals surface area (Å²) in [6.07, 6.45) is 5.68. The zero-order valence-corrected chi connectivity index (χ0v) is 15.2. The molecule has 1 saturated carbocycles. The van der Waals surface area contributed by atoms with Crippen molar-refractivity contribution < 1.29 is 14.3 Å². The quantitative estimate of drug-likeness (QED) is 0.414. The molecule has 0 atom stereocenters. The highest BCUT2D eigenvalue weighted by atomic mass is 32.2. The van der Waals surface area contributed by atoms with E-state index in [0.29, 0.717) is 10.1 Å². The Labute approximate surface area is 142 Å². The predicted octanol–water partition coefficient (Wildman–Crippen LogP) is 3.31. The lowest BCUT2D eigenvalue weighted by atomic mass is 9.87. The highest BCUT2D eigenvalue weighted by Gasteiger charge is 2.29. The molecule has 1 rings (SSSR count). The van der Waals surface area contributed by atoms with Crippen LogP contribution in [0.25, 0.3) is 0 Å². The summed E-state index contributed by atoms with van der Waals surface area (Å²) in [6, 6.07) is -1.97. The number of methoxy groups -OCH3 is 1. The van der Waals surface area contributed by atoms with Crippen molar-refractivity contribution in [1.82, 2.24) is 14.9 Å². The normalized spacial score (nSPS) is 20.7. The fraction of sp³-hybridized carbons (Fsp3) is 0.800. The predicted molar refractivity (Wildman–Crippen MR) is 92.4 cm³/mol. The molecule has 23 heavy (non-hydrogen) atoms. The summed E-state index contributed by atoms with van der Waals surface area (Å²) in [5, 5.41) is 10.6. The first-order valence-electron chi connectivity index (χ1n) is 8.07. The van der Waals surface area contributed by atoms with Gasteiger partial charge < -0.3 is 10.1 Å². The number of amidine groups is 1. The van der Waals surface area contributed by atoms with Crippen LogP contribution in [0.5, 0.6) is 0 Å². The van der Waals surface area contributed by atoms with Crippen molar-refractivity contribution in [2.75, 3.05) is 7.11 Å². The molecule has 0 unspecified atom stereocenters. The number of amides is 4. The van der Waals surface area contributed by atoms with E-state index in [4.69, 9.17) is 10.1 Å². The summed E-state index contributed by atoms with van der Waals surface area (Å²) >= 11 is 1.34. The molecule has 0 aromatic carbocycles. The van der Waals surface area contributed by atoms with Crippen LogP contribution in [0.4, 0.5) is 9.59 Å². The Morgan fingerprint density at radius 1 is 1.26 bits per heavy atom. The Morgan fingerprint density at radius 2 is 1.87 bits per heavy atom. The Kier molecular flexibility index (Phi) is 8.22. The van der Waals surface area contributed by atoms with Gasteiger partial charge in [-0.15, -0.1) is 0 Å². The zero-order valence-electron chi connectivity index (χ0n) is 14.3. The third-order valence-corrected chi connectivity index (χ3v) is 5.00. The van der Waals surface area contributed by atoms with Crippen LogP contribution in [0.3, 0.4) is 0 Å². The van der Waals surface area contributed by atoms with Gasteiger partial charge in [-0.1, -0.05) is 13.3 Å². The molecule has 0 spiro atoms. The molecule has 0 saturated heterocycles. The second kappa shape index (κ2) is 9.64. The van der Waals surface area contributed by atoms with Gasteiger partial charge in [0.05, 0.1) is 7.11 Å². The lowest BCUT2D eigenvalue weighted by molar-refractivity contribution is 0.196. The maximum absolute atomic E-state index is 12.2. The average molecular weight is 344 g/mol. The van der Waals surface area contributed by atoms with Gasteiger partial charge >= 0.3 is 18.1 Å². The molecule has 8 heteroatoms. The van der Waals surface area contributed by atoms with Crippen LogP contribution in [0, 0.1) is 11.3 Å². The molecular weight excluding hydrogens is 316 g/mol. The van der Waals surface area contributed by atoms with E-state index in [9.17, 15) is 9.59 Å². The molecule has 0 aliphatic heterocycles. The number of ether oxygens (including phenoxy) is 1. The maximum atomic E-state index is 12.2. The lowest BCUT2D eigenvalue weighted by Crippen LogP contribution is -2.52. The van der Waals surface area contributed by atoms with E-state index in [2.05, 4.69) is 17.0 Å². The molecule has 1 aliphatic rings. The van der Waals surface area contributed by atoms with Gasteiger partial charge in [0, 0.05) is 11.3 Å². The van der Waals surface area contributed by atoms with Crippen LogP contribution in [0.1, 0.15) is 52.9 Å². The van der Waals surface area contributed by atoms with Crippen LogP contribution in [0.2, 0.25) is 0 Å². The minimum Gasteiger partial charge on any atom is -0.468 e. The second-order valence-electron chi connectivity index (χ2n) is 6.02. The maximum Gasteiger partial charge on any atom is 0.343 e. The van der Waals surface area contributed by atoms with Crippen molar-refractivity contribution in [3.63, 3.8) is 0 Å². The largest absolute Gasteiger partial charge is 0.468 e. The number of nitrogens with one attached hydrogen (secondary N) is 3. The first-order valence-corrected chi connectivity index (χ1v) is 8.95. The van der Waals surface area contributed by atoms with Crippen LogP contribution in [0.15, 0.2) is 0 Å². The molecule has 4 amide bonds. The lowest BCUT2D eigenvalue weighted by Gasteiger charge is -2.28. The van der Waals surface area contributed by atoms with E-state index in [1.54, 1.807) is 13.8 Å². The number of rotatable bonds is 4. The molecule has 0 aromatic rings. The molecule has 0 bridgehead atoms. The first-order chi connectivity index (χ1) is 10.9. The van der Waals surface area contributed by atoms with Gasteiger partial charge in [0.2, 0.25) is 0 Å². The standard InChI is InChI=1S/C15H28N4O3S/c1-5-11-6-8-12(9-7-11)23-18-15(21)19(13(16)22-4)14(20)17-10(2)3/h10-12,16H,5-9H2,1-4H3,(H,17,20)(H,18,21). The van der Waals surface area contributed by atoms with Gasteiger partial charge in [0.1, 0.15) is 0 Å². The first kappa shape index (κ1) is 19.6. The summed E-state index contributed by atoms with van der Waals surface area (Å²) in [5.74, 6) is 0.789. The van der Waals surface area contributed by atoms with E-state index < -0.39 is 18.1 Å². The van der Waals surface area contributed by atoms with Gasteiger partial charge in [-0.2, -0.15) is 4.90 Å². The molecule has 1 fully saturated rings. The topological polar surface area (TPSA) is 94.5 Å². The number of urea groups is 2. The number of hydrogen-bond donors (Lipinski definition) is 3. The van der Waals surface area contributed by atoms with Gasteiger partial charge in [-0.3, -0.25) is 10.1 Å². The summed E-state index contributed by atoms with van der Waals surface area (Å²) in [5.41, 5.74) is 0. The number of carbonyl (C=O) groups excluding carboxylic acids is 2. The SMILES string of the molecule is CCC1CCC(SNC(=O)N(C(=N)OC)C(=O)NC(C)C)CC1. The van der Waals surface area contributed by atoms with Crippen molar-refractivity contribution >= 4 is 30.0 Å². The van der Waals surface area contributed by atoms with Crippen LogP contribution in [-0.4, -0.2) is 41.4 Å². The number of nitrogens with zero attached hydrogens (tertiary/aromatic N) is 1. The summed E-state index contributed by atoms with van der Waals surface area (Å²) < 4.78 is 7.41. The third-order valence-electron chi connectivity index (χ3n) is 3.90. The van der Waals surface area contributed by atoms with Crippen LogP contribution in [-0.2, 0) is 4.74 Å². The van der Waals surface area contributed by atoms with Crippen molar-refractivity contribution in [2.24, 2.45) is 5.92 Å². The fourth-order valence-corrected chi connectivity index (χ4v) is 3.38. The molecule has 132 valence electrons. The van der Waals surface area contributed by atoms with E-state index in [1.807, 2.05) is 0 Å². The molecule has 0 aromatic heterocycles. The number of imide groups is 1.